The monoisotopic (exact) mass is 408 g/mol. The van der Waals surface area contributed by atoms with Crippen molar-refractivity contribution in [2.75, 3.05) is 13.7 Å². The molecule has 27 heavy (non-hydrogen) atoms. The fourth-order valence-electron chi connectivity index (χ4n) is 3.79. The smallest absolute Gasteiger partial charge is 0.314 e. The van der Waals surface area contributed by atoms with Crippen LogP contribution in [0.1, 0.15) is 24.0 Å². The number of aliphatic carboxylic acids is 1. The van der Waals surface area contributed by atoms with Crippen molar-refractivity contribution < 1.29 is 23.1 Å². The van der Waals surface area contributed by atoms with Gasteiger partial charge in [0.2, 0.25) is 0 Å². The Morgan fingerprint density at radius 2 is 1.74 bits per heavy atom. The van der Waals surface area contributed by atoms with Crippen LogP contribution in [0.4, 0.5) is 0 Å². The van der Waals surface area contributed by atoms with Gasteiger partial charge in [0.15, 0.2) is 9.84 Å². The minimum absolute atomic E-state index is 0.0614. The van der Waals surface area contributed by atoms with Crippen molar-refractivity contribution in [1.29, 1.82) is 0 Å². The van der Waals surface area contributed by atoms with Gasteiger partial charge >= 0.3 is 5.97 Å². The number of carbonyl (C=O) groups is 1. The van der Waals surface area contributed by atoms with Crippen molar-refractivity contribution in [2.45, 2.75) is 29.4 Å². The zero-order valence-corrected chi connectivity index (χ0v) is 16.6. The Kier molecular flexibility index (Phi) is 5.34. The van der Waals surface area contributed by atoms with Crippen LogP contribution < -0.4 is 0 Å². The molecule has 3 atom stereocenters. The molecule has 1 saturated carbocycles. The van der Waals surface area contributed by atoms with E-state index in [1.807, 2.05) is 31.2 Å². The van der Waals surface area contributed by atoms with Crippen molar-refractivity contribution in [1.82, 2.24) is 0 Å². The fraction of sp³-hybridized carbons (Fsp3) is 0.350. The molecule has 1 fully saturated rings. The molecule has 0 aromatic heterocycles. The van der Waals surface area contributed by atoms with E-state index in [1.54, 1.807) is 0 Å². The lowest BCUT2D eigenvalue weighted by molar-refractivity contribution is -0.145. The summed E-state index contributed by atoms with van der Waals surface area (Å²) >= 11 is 5.86. The molecular weight excluding hydrogens is 388 g/mol. The van der Waals surface area contributed by atoms with Crippen molar-refractivity contribution in [3.05, 3.63) is 64.7 Å². The Labute approximate surface area is 163 Å². The average molecular weight is 409 g/mol. The topological polar surface area (TPSA) is 80.7 Å². The van der Waals surface area contributed by atoms with Crippen LogP contribution in [0.3, 0.4) is 0 Å². The van der Waals surface area contributed by atoms with E-state index in [2.05, 4.69) is 0 Å². The van der Waals surface area contributed by atoms with Gasteiger partial charge in [-0.1, -0.05) is 42.8 Å². The van der Waals surface area contributed by atoms with E-state index in [1.165, 1.54) is 31.4 Å². The lowest BCUT2D eigenvalue weighted by atomic mass is 9.99. The Morgan fingerprint density at radius 3 is 2.22 bits per heavy atom. The Bertz CT molecular complexity index is 937. The Balaban J connectivity index is 2.09. The van der Waals surface area contributed by atoms with Crippen LogP contribution in [0.15, 0.2) is 53.4 Å². The number of aryl methyl sites for hydroxylation is 1. The quantitative estimate of drug-likeness (QED) is 0.757. The van der Waals surface area contributed by atoms with E-state index in [0.29, 0.717) is 10.6 Å². The number of rotatable bonds is 7. The molecule has 0 unspecified atom stereocenters. The number of ether oxygens (including phenoxy) is 1. The molecule has 0 aliphatic heterocycles. The number of hydrogen-bond donors (Lipinski definition) is 1. The van der Waals surface area contributed by atoms with Gasteiger partial charge in [0.1, 0.15) is 5.41 Å². The van der Waals surface area contributed by atoms with Gasteiger partial charge in [0.25, 0.3) is 0 Å². The first kappa shape index (κ1) is 19.9. The van der Waals surface area contributed by atoms with Gasteiger partial charge in [-0.25, -0.2) is 8.42 Å². The van der Waals surface area contributed by atoms with Crippen LogP contribution in [0, 0.1) is 5.41 Å². The predicted octanol–water partition coefficient (Wildman–Crippen LogP) is 3.56. The van der Waals surface area contributed by atoms with Gasteiger partial charge < -0.3 is 9.84 Å². The summed E-state index contributed by atoms with van der Waals surface area (Å²) in [6.07, 6.45) is 0.847. The van der Waals surface area contributed by atoms with E-state index < -0.39 is 32.4 Å². The summed E-state index contributed by atoms with van der Waals surface area (Å²) in [6.45, 7) is 1.84. The van der Waals surface area contributed by atoms with Gasteiger partial charge in [0, 0.05) is 18.1 Å². The highest BCUT2D eigenvalue weighted by Gasteiger charge is 2.76. The van der Waals surface area contributed by atoms with E-state index in [0.717, 1.165) is 12.0 Å². The molecule has 0 heterocycles. The summed E-state index contributed by atoms with van der Waals surface area (Å²) in [4.78, 5) is 12.2. The Hall–Kier alpha value is -1.89. The number of sulfone groups is 1. The van der Waals surface area contributed by atoms with E-state index in [9.17, 15) is 18.3 Å². The second kappa shape index (κ2) is 7.26. The SMILES string of the molecule is CCc1ccc([C@@H]2[C@@H](S(=O)(=O)c3ccc(Cl)cc3)[C@]2(COC)C(=O)O)cc1. The standard InChI is InChI=1S/C20H21ClO5S/c1-3-13-4-6-14(7-5-13)17-18(20(17,12-26-2)19(22)23)27(24,25)16-10-8-15(21)9-11-16/h4-11,17-18H,3,12H2,1-2H3,(H,22,23)/t17-,18-,20-/m1/s1. The van der Waals surface area contributed by atoms with Crippen molar-refractivity contribution in [2.24, 2.45) is 5.41 Å². The molecular formula is C20H21ClO5S. The first-order valence-electron chi connectivity index (χ1n) is 8.59. The molecule has 0 spiro atoms. The van der Waals surface area contributed by atoms with Gasteiger partial charge in [0.05, 0.1) is 16.8 Å². The third-order valence-electron chi connectivity index (χ3n) is 5.26. The van der Waals surface area contributed by atoms with Crippen molar-refractivity contribution in [3.63, 3.8) is 0 Å². The summed E-state index contributed by atoms with van der Waals surface area (Å²) in [5, 5.41) is 9.24. The molecule has 7 heteroatoms. The van der Waals surface area contributed by atoms with Crippen molar-refractivity contribution >= 4 is 27.4 Å². The molecule has 0 amide bonds. The summed E-state index contributed by atoms with van der Waals surface area (Å²) in [5.41, 5.74) is 0.277. The number of carboxylic acids is 1. The molecule has 0 bridgehead atoms. The van der Waals surface area contributed by atoms with E-state index >= 15 is 0 Å². The second-order valence-corrected chi connectivity index (χ2v) is 9.28. The highest BCUT2D eigenvalue weighted by atomic mass is 35.5. The molecule has 0 radical (unpaired) electrons. The number of carboxylic acid groups (broad SMARTS) is 1. The molecule has 1 aliphatic carbocycles. The number of halogens is 1. The maximum Gasteiger partial charge on any atom is 0.314 e. The van der Waals surface area contributed by atoms with Gasteiger partial charge in [-0.3, -0.25) is 4.79 Å². The molecule has 5 nitrogen and oxygen atoms in total. The second-order valence-electron chi connectivity index (χ2n) is 6.77. The average Bonchev–Trinajstić information content (AvgIpc) is 3.33. The van der Waals surface area contributed by atoms with Gasteiger partial charge in [-0.15, -0.1) is 0 Å². The third kappa shape index (κ3) is 3.26. The summed E-state index contributed by atoms with van der Waals surface area (Å²) in [5.74, 6) is -1.85. The lowest BCUT2D eigenvalue weighted by Crippen LogP contribution is -2.28. The molecule has 144 valence electrons. The highest BCUT2D eigenvalue weighted by molar-refractivity contribution is 7.92. The van der Waals surface area contributed by atoms with Crippen molar-refractivity contribution in [3.8, 4) is 0 Å². The maximum atomic E-state index is 13.2. The summed E-state index contributed by atoms with van der Waals surface area (Å²) in [6, 6.07) is 13.2. The van der Waals surface area contributed by atoms with Gasteiger partial charge in [-0.05, 0) is 41.8 Å². The summed E-state index contributed by atoms with van der Waals surface area (Å²) in [7, 11) is -2.51. The molecule has 3 rings (SSSR count). The molecule has 1 N–H and O–H groups in total. The predicted molar refractivity (Wildman–Crippen MR) is 103 cm³/mol. The largest absolute Gasteiger partial charge is 0.481 e. The fourth-order valence-corrected chi connectivity index (χ4v) is 6.28. The van der Waals surface area contributed by atoms with Crippen LogP contribution in [0.2, 0.25) is 5.02 Å². The Morgan fingerprint density at radius 1 is 1.15 bits per heavy atom. The maximum absolute atomic E-state index is 13.2. The van der Waals surface area contributed by atoms with Crippen LogP contribution in [0.25, 0.3) is 0 Å². The van der Waals surface area contributed by atoms with Crippen LogP contribution >= 0.6 is 11.6 Å². The number of benzene rings is 2. The minimum atomic E-state index is -3.89. The van der Waals surface area contributed by atoms with Crippen LogP contribution in [-0.2, 0) is 25.8 Å². The lowest BCUT2D eigenvalue weighted by Gasteiger charge is -2.12. The van der Waals surface area contributed by atoms with Crippen LogP contribution in [-0.4, -0.2) is 38.5 Å². The minimum Gasteiger partial charge on any atom is -0.481 e. The normalized spacial score (nSPS) is 24.6. The first-order valence-corrected chi connectivity index (χ1v) is 10.5. The molecule has 0 saturated heterocycles. The van der Waals surface area contributed by atoms with Crippen LogP contribution in [0.5, 0.6) is 0 Å². The zero-order valence-electron chi connectivity index (χ0n) is 15.1. The van der Waals surface area contributed by atoms with Gasteiger partial charge in [-0.2, -0.15) is 0 Å². The highest BCUT2D eigenvalue weighted by Crippen LogP contribution is 2.64. The van der Waals surface area contributed by atoms with E-state index in [-0.39, 0.29) is 11.5 Å². The summed E-state index contributed by atoms with van der Waals surface area (Å²) < 4.78 is 31.6. The molecule has 2 aromatic carbocycles. The third-order valence-corrected chi connectivity index (χ3v) is 7.80. The molecule has 2 aromatic rings. The molecule has 1 aliphatic rings. The van der Waals surface area contributed by atoms with E-state index in [4.69, 9.17) is 16.3 Å². The zero-order chi connectivity index (χ0) is 19.8. The first-order chi connectivity index (χ1) is 12.8. The number of methoxy groups -OCH3 is 1. The number of hydrogen-bond acceptors (Lipinski definition) is 4.